The Bertz CT molecular complexity index is 523. The Morgan fingerprint density at radius 2 is 1.11 bits per heavy atom. The summed E-state index contributed by atoms with van der Waals surface area (Å²) < 4.78 is 11.5. The van der Waals surface area contributed by atoms with Crippen LogP contribution in [0.25, 0.3) is 0 Å². The Morgan fingerprint density at radius 1 is 0.737 bits per heavy atom. The zero-order valence-corrected chi connectivity index (χ0v) is 13.2. The fraction of sp³-hybridized carbons (Fsp3) is 0.143. The lowest BCUT2D eigenvalue weighted by Gasteiger charge is -2.29. The third-order valence-corrected chi connectivity index (χ3v) is 7.45. The van der Waals surface area contributed by atoms with Crippen LogP contribution in [0.15, 0.2) is 48.5 Å². The monoisotopic (exact) mass is 312 g/mol. The van der Waals surface area contributed by atoms with Crippen LogP contribution in [0, 0.1) is 0 Å². The molecule has 2 nitrogen and oxygen atoms in total. The van der Waals surface area contributed by atoms with Crippen LogP contribution in [0.5, 0.6) is 0 Å². The van der Waals surface area contributed by atoms with E-state index in [-0.39, 0.29) is 0 Å². The van der Waals surface area contributed by atoms with Gasteiger partial charge >= 0.3 is 8.56 Å². The number of benzene rings is 2. The van der Waals surface area contributed by atoms with Crippen molar-refractivity contribution in [2.24, 2.45) is 0 Å². The fourth-order valence-corrected chi connectivity index (χ4v) is 5.91. The summed E-state index contributed by atoms with van der Waals surface area (Å²) in [7, 11) is 0.406. The van der Waals surface area contributed by atoms with E-state index >= 15 is 0 Å². The minimum Gasteiger partial charge on any atom is -0.391 e. The molecule has 0 saturated carbocycles. The van der Waals surface area contributed by atoms with Crippen LogP contribution in [0.2, 0.25) is 10.0 Å². The summed E-state index contributed by atoms with van der Waals surface area (Å²) in [6, 6.07) is 15.1. The first kappa shape index (κ1) is 14.6. The van der Waals surface area contributed by atoms with Gasteiger partial charge in [0, 0.05) is 34.6 Å². The Hall–Kier alpha value is -0.843. The normalized spacial score (nSPS) is 11.6. The second-order valence-electron chi connectivity index (χ2n) is 3.98. The van der Waals surface area contributed by atoms with Gasteiger partial charge in [0.15, 0.2) is 0 Å². The standard InChI is InChI=1S/C14H14Cl2O2Si/c1-17-19(18-2,13-9-5-3-7-11(13)15)14-10-6-4-8-12(14)16/h3-10H,1-2H3. The lowest BCUT2D eigenvalue weighted by atomic mass is 10.4. The molecule has 0 aliphatic carbocycles. The summed E-state index contributed by atoms with van der Waals surface area (Å²) in [6.45, 7) is 0. The molecule has 0 radical (unpaired) electrons. The van der Waals surface area contributed by atoms with Crippen LogP contribution >= 0.6 is 23.2 Å². The van der Waals surface area contributed by atoms with Gasteiger partial charge in [0.05, 0.1) is 0 Å². The zero-order chi connectivity index (χ0) is 13.9. The number of halogens is 2. The molecule has 0 aliphatic heterocycles. The Labute approximate surface area is 124 Å². The van der Waals surface area contributed by atoms with Crippen LogP contribution < -0.4 is 10.4 Å². The average molecular weight is 313 g/mol. The maximum absolute atomic E-state index is 6.30. The van der Waals surface area contributed by atoms with Gasteiger partial charge in [0.2, 0.25) is 0 Å². The predicted molar refractivity (Wildman–Crippen MR) is 81.9 cm³/mol. The van der Waals surface area contributed by atoms with E-state index in [4.69, 9.17) is 32.1 Å². The van der Waals surface area contributed by atoms with E-state index in [1.54, 1.807) is 14.2 Å². The van der Waals surface area contributed by atoms with Crippen LogP contribution in [0.3, 0.4) is 0 Å². The maximum Gasteiger partial charge on any atom is 0.409 e. The van der Waals surface area contributed by atoms with Crippen LogP contribution in [0.1, 0.15) is 0 Å². The smallest absolute Gasteiger partial charge is 0.391 e. The van der Waals surface area contributed by atoms with Crippen molar-refractivity contribution in [1.82, 2.24) is 0 Å². The van der Waals surface area contributed by atoms with Crippen molar-refractivity contribution in [3.05, 3.63) is 58.6 Å². The fourth-order valence-electron chi connectivity index (χ4n) is 2.12. The quantitative estimate of drug-likeness (QED) is 0.808. The summed E-state index contributed by atoms with van der Waals surface area (Å²) in [5, 5.41) is 2.96. The molecule has 0 aliphatic rings. The average Bonchev–Trinajstić information content (AvgIpc) is 2.44. The highest BCUT2D eigenvalue weighted by Crippen LogP contribution is 2.18. The molecule has 0 saturated heterocycles. The second kappa shape index (κ2) is 6.07. The molecule has 2 aromatic rings. The first-order chi connectivity index (χ1) is 9.15. The highest BCUT2D eigenvalue weighted by Gasteiger charge is 2.43. The molecule has 0 spiro atoms. The Morgan fingerprint density at radius 3 is 1.42 bits per heavy atom. The SMILES string of the molecule is CO[Si](OC)(c1ccccc1Cl)c1ccccc1Cl. The van der Waals surface area contributed by atoms with Crippen molar-refractivity contribution < 1.29 is 8.85 Å². The maximum atomic E-state index is 6.30. The summed E-state index contributed by atoms with van der Waals surface area (Å²) in [4.78, 5) is 0. The van der Waals surface area contributed by atoms with Gasteiger partial charge in [-0.1, -0.05) is 59.6 Å². The molecule has 0 heterocycles. The van der Waals surface area contributed by atoms with E-state index in [2.05, 4.69) is 0 Å². The molecule has 0 N–H and O–H groups in total. The van der Waals surface area contributed by atoms with Gasteiger partial charge in [-0.2, -0.15) is 0 Å². The lowest BCUT2D eigenvalue weighted by Crippen LogP contribution is -2.63. The van der Waals surface area contributed by atoms with E-state index < -0.39 is 8.56 Å². The summed E-state index contributed by atoms with van der Waals surface area (Å²) in [5.74, 6) is 0. The van der Waals surface area contributed by atoms with E-state index in [0.717, 1.165) is 10.4 Å². The Balaban J connectivity index is 2.69. The van der Waals surface area contributed by atoms with Crippen molar-refractivity contribution in [2.45, 2.75) is 0 Å². The van der Waals surface area contributed by atoms with Gasteiger partial charge in [-0.25, -0.2) is 0 Å². The third-order valence-electron chi connectivity index (χ3n) is 3.03. The molecule has 0 bridgehead atoms. The summed E-state index contributed by atoms with van der Waals surface area (Å²) in [6.07, 6.45) is 0. The van der Waals surface area contributed by atoms with E-state index in [1.807, 2.05) is 48.5 Å². The zero-order valence-electron chi connectivity index (χ0n) is 10.7. The minimum atomic E-state index is -2.85. The van der Waals surface area contributed by atoms with Gasteiger partial charge in [0.1, 0.15) is 0 Å². The molecular formula is C14H14Cl2O2Si. The molecule has 5 heteroatoms. The van der Waals surface area contributed by atoms with Gasteiger partial charge < -0.3 is 8.85 Å². The molecule has 0 atom stereocenters. The van der Waals surface area contributed by atoms with E-state index in [0.29, 0.717) is 10.0 Å². The third kappa shape index (κ3) is 2.57. The molecule has 0 amide bonds. The topological polar surface area (TPSA) is 18.5 Å². The number of hydrogen-bond donors (Lipinski definition) is 0. The van der Waals surface area contributed by atoms with Gasteiger partial charge in [-0.05, 0) is 12.1 Å². The van der Waals surface area contributed by atoms with E-state index in [9.17, 15) is 0 Å². The molecule has 19 heavy (non-hydrogen) atoms. The molecule has 0 unspecified atom stereocenters. The minimum absolute atomic E-state index is 0.623. The Kier molecular flexibility index (Phi) is 4.65. The van der Waals surface area contributed by atoms with Crippen LogP contribution in [-0.2, 0) is 8.85 Å². The highest BCUT2D eigenvalue weighted by molar-refractivity contribution is 6.94. The van der Waals surface area contributed by atoms with Crippen molar-refractivity contribution >= 4 is 42.1 Å². The largest absolute Gasteiger partial charge is 0.409 e. The first-order valence-corrected chi connectivity index (χ1v) is 8.33. The number of rotatable bonds is 4. The molecule has 0 fully saturated rings. The van der Waals surface area contributed by atoms with Crippen LogP contribution in [-0.4, -0.2) is 22.8 Å². The van der Waals surface area contributed by atoms with Gasteiger partial charge in [-0.3, -0.25) is 0 Å². The molecule has 2 aromatic carbocycles. The highest BCUT2D eigenvalue weighted by atomic mass is 35.5. The van der Waals surface area contributed by atoms with Crippen LogP contribution in [0.4, 0.5) is 0 Å². The van der Waals surface area contributed by atoms with Crippen molar-refractivity contribution in [1.29, 1.82) is 0 Å². The van der Waals surface area contributed by atoms with Crippen molar-refractivity contribution in [3.63, 3.8) is 0 Å². The van der Waals surface area contributed by atoms with Gasteiger partial charge in [-0.15, -0.1) is 0 Å². The first-order valence-electron chi connectivity index (χ1n) is 5.76. The van der Waals surface area contributed by atoms with Crippen molar-refractivity contribution in [2.75, 3.05) is 14.2 Å². The summed E-state index contributed by atoms with van der Waals surface area (Å²) >= 11 is 12.6. The predicted octanol–water partition coefficient (Wildman–Crippen LogP) is 2.84. The molecule has 0 aromatic heterocycles. The van der Waals surface area contributed by atoms with Crippen molar-refractivity contribution in [3.8, 4) is 0 Å². The van der Waals surface area contributed by atoms with Gasteiger partial charge in [0.25, 0.3) is 0 Å². The molecule has 2 rings (SSSR count). The molecule has 100 valence electrons. The second-order valence-corrected chi connectivity index (χ2v) is 7.93. The lowest BCUT2D eigenvalue weighted by molar-refractivity contribution is 0.273. The molecular weight excluding hydrogens is 299 g/mol. The number of hydrogen-bond acceptors (Lipinski definition) is 2. The summed E-state index contributed by atoms with van der Waals surface area (Å²) in [5.41, 5.74) is 0. The van der Waals surface area contributed by atoms with E-state index in [1.165, 1.54) is 0 Å².